The number of hydrogen-bond acceptors (Lipinski definition) is 6. The fraction of sp³-hybridized carbons (Fsp3) is 0.576. The molecule has 3 atom stereocenters. The van der Waals surface area contributed by atoms with Crippen LogP contribution in [0.4, 0.5) is 5.69 Å². The third kappa shape index (κ3) is 10.5. The number of aliphatic carboxylic acids is 1. The second kappa shape index (κ2) is 16.6. The summed E-state index contributed by atoms with van der Waals surface area (Å²) in [5.74, 6) is -0.813. The van der Waals surface area contributed by atoms with Gasteiger partial charge in [-0.3, -0.25) is 9.59 Å². The van der Waals surface area contributed by atoms with Gasteiger partial charge in [-0.05, 0) is 62.0 Å². The highest BCUT2D eigenvalue weighted by atomic mass is 16.7. The van der Waals surface area contributed by atoms with E-state index in [1.165, 1.54) is 32.1 Å². The summed E-state index contributed by atoms with van der Waals surface area (Å²) in [5, 5.41) is 21.1. The van der Waals surface area contributed by atoms with Crippen molar-refractivity contribution in [2.75, 3.05) is 25.0 Å². The van der Waals surface area contributed by atoms with Crippen LogP contribution in [-0.4, -0.2) is 52.7 Å². The number of amides is 1. The average Bonchev–Trinajstić information content (AvgIpc) is 2.96. The highest BCUT2D eigenvalue weighted by molar-refractivity contribution is 5.90. The summed E-state index contributed by atoms with van der Waals surface area (Å²) in [4.78, 5) is 25.5. The minimum Gasteiger partial charge on any atom is -0.481 e. The van der Waals surface area contributed by atoms with E-state index >= 15 is 0 Å². The van der Waals surface area contributed by atoms with Gasteiger partial charge < -0.3 is 29.9 Å². The SMILES string of the molecule is O=C(O)CCCCCCC(=O)Nc1ccc([C@H]2O[C@@H](CN3CCCCCCC3)C[C@@H](c3ccc(CO)cc3)O2)cc1. The second-order valence-electron chi connectivity index (χ2n) is 11.4. The van der Waals surface area contributed by atoms with Crippen molar-refractivity contribution >= 4 is 17.6 Å². The summed E-state index contributed by atoms with van der Waals surface area (Å²) in [7, 11) is 0. The Bertz CT molecular complexity index is 1070. The highest BCUT2D eigenvalue weighted by Gasteiger charge is 2.33. The third-order valence-corrected chi connectivity index (χ3v) is 8.04. The maximum atomic E-state index is 12.4. The van der Waals surface area contributed by atoms with E-state index in [1.54, 1.807) is 0 Å². The van der Waals surface area contributed by atoms with Crippen LogP contribution in [0.3, 0.4) is 0 Å². The lowest BCUT2D eigenvalue weighted by Gasteiger charge is -2.38. The third-order valence-electron chi connectivity index (χ3n) is 8.04. The standard InChI is InChI=1S/C33H46N2O6/c36-24-25-12-14-26(15-13-25)30-22-29(23-35-20-8-4-1-5-9-21-35)40-33(41-30)27-16-18-28(19-17-27)34-31(37)10-6-2-3-7-11-32(38)39/h12-19,29-30,33,36H,1-11,20-24H2,(H,34,37)(H,38,39)/t29-,30+,33+/m1/s1. The number of carboxylic acid groups (broad SMARTS) is 1. The van der Waals surface area contributed by atoms with Crippen LogP contribution in [0.25, 0.3) is 0 Å². The lowest BCUT2D eigenvalue weighted by molar-refractivity contribution is -0.253. The molecule has 0 unspecified atom stereocenters. The fourth-order valence-electron chi connectivity index (χ4n) is 5.68. The van der Waals surface area contributed by atoms with Crippen LogP contribution in [0.1, 0.15) is 106 Å². The first-order valence-corrected chi connectivity index (χ1v) is 15.3. The Morgan fingerprint density at radius 2 is 1.44 bits per heavy atom. The molecule has 41 heavy (non-hydrogen) atoms. The van der Waals surface area contributed by atoms with Crippen molar-refractivity contribution in [1.82, 2.24) is 4.90 Å². The smallest absolute Gasteiger partial charge is 0.303 e. The van der Waals surface area contributed by atoms with Crippen molar-refractivity contribution in [3.05, 3.63) is 65.2 Å². The molecule has 2 fully saturated rings. The molecule has 4 rings (SSSR count). The number of aliphatic hydroxyl groups excluding tert-OH is 1. The first-order valence-electron chi connectivity index (χ1n) is 15.3. The normalized spacial score (nSPS) is 22.0. The monoisotopic (exact) mass is 566 g/mol. The van der Waals surface area contributed by atoms with E-state index in [1.807, 2.05) is 48.5 Å². The Morgan fingerprint density at radius 3 is 2.10 bits per heavy atom. The highest BCUT2D eigenvalue weighted by Crippen LogP contribution is 2.38. The quantitative estimate of drug-likeness (QED) is 0.242. The van der Waals surface area contributed by atoms with Gasteiger partial charge in [0, 0.05) is 37.1 Å². The van der Waals surface area contributed by atoms with E-state index < -0.39 is 12.3 Å². The zero-order chi connectivity index (χ0) is 28.9. The lowest BCUT2D eigenvalue weighted by atomic mass is 9.99. The van der Waals surface area contributed by atoms with Gasteiger partial charge in [-0.1, -0.05) is 68.5 Å². The van der Waals surface area contributed by atoms with Gasteiger partial charge in [0.2, 0.25) is 5.91 Å². The molecule has 2 aliphatic heterocycles. The molecule has 1 amide bonds. The van der Waals surface area contributed by atoms with E-state index in [0.29, 0.717) is 12.8 Å². The van der Waals surface area contributed by atoms with Gasteiger partial charge in [0.25, 0.3) is 0 Å². The summed E-state index contributed by atoms with van der Waals surface area (Å²) >= 11 is 0. The molecule has 3 N–H and O–H groups in total. The molecule has 8 heteroatoms. The molecule has 2 aromatic rings. The molecule has 0 bridgehead atoms. The van der Waals surface area contributed by atoms with Crippen molar-refractivity contribution in [2.24, 2.45) is 0 Å². The molecule has 0 radical (unpaired) electrons. The van der Waals surface area contributed by atoms with E-state index in [2.05, 4.69) is 10.2 Å². The Kier molecular flexibility index (Phi) is 12.6. The molecule has 0 saturated carbocycles. The average molecular weight is 567 g/mol. The first-order chi connectivity index (χ1) is 20.0. The number of nitrogens with zero attached hydrogens (tertiary/aromatic N) is 1. The van der Waals surface area contributed by atoms with Crippen LogP contribution in [0.5, 0.6) is 0 Å². The Balaban J connectivity index is 1.36. The molecule has 2 heterocycles. The molecule has 224 valence electrons. The number of carbonyl (C=O) groups excluding carboxylic acids is 1. The van der Waals surface area contributed by atoms with Gasteiger partial charge in [0.15, 0.2) is 6.29 Å². The number of likely N-dealkylation sites (tertiary alicyclic amines) is 1. The fourth-order valence-corrected chi connectivity index (χ4v) is 5.68. The van der Waals surface area contributed by atoms with Gasteiger partial charge in [-0.25, -0.2) is 0 Å². The van der Waals surface area contributed by atoms with E-state index in [9.17, 15) is 14.7 Å². The Labute approximate surface area is 244 Å². The number of nitrogens with one attached hydrogen (secondary N) is 1. The van der Waals surface area contributed by atoms with Gasteiger partial charge in [0.05, 0.1) is 18.8 Å². The van der Waals surface area contributed by atoms with Crippen LogP contribution in [-0.2, 0) is 25.7 Å². The molecule has 2 aliphatic rings. The molecule has 0 spiro atoms. The molecule has 2 aromatic carbocycles. The van der Waals surface area contributed by atoms with Crippen molar-refractivity contribution in [1.29, 1.82) is 0 Å². The van der Waals surface area contributed by atoms with E-state index in [4.69, 9.17) is 14.6 Å². The van der Waals surface area contributed by atoms with Gasteiger partial charge in [0.1, 0.15) is 0 Å². The Morgan fingerprint density at radius 1 is 0.805 bits per heavy atom. The number of unbranched alkanes of at least 4 members (excludes halogenated alkanes) is 3. The number of carboxylic acids is 1. The van der Waals surface area contributed by atoms with Crippen LogP contribution in [0, 0.1) is 0 Å². The van der Waals surface area contributed by atoms with Crippen LogP contribution >= 0.6 is 0 Å². The van der Waals surface area contributed by atoms with Crippen molar-refractivity contribution < 1.29 is 29.3 Å². The zero-order valence-corrected chi connectivity index (χ0v) is 24.1. The molecule has 0 aliphatic carbocycles. The molecule has 2 saturated heterocycles. The largest absolute Gasteiger partial charge is 0.481 e. The predicted octanol–water partition coefficient (Wildman–Crippen LogP) is 6.35. The predicted molar refractivity (Wildman–Crippen MR) is 158 cm³/mol. The van der Waals surface area contributed by atoms with Crippen LogP contribution < -0.4 is 5.32 Å². The minimum atomic E-state index is -0.772. The number of rotatable bonds is 13. The summed E-state index contributed by atoms with van der Waals surface area (Å²) in [5.41, 5.74) is 3.61. The number of aliphatic hydroxyl groups is 1. The lowest BCUT2D eigenvalue weighted by Crippen LogP contribution is -2.40. The van der Waals surface area contributed by atoms with Gasteiger partial charge in [-0.2, -0.15) is 0 Å². The van der Waals surface area contributed by atoms with Crippen LogP contribution in [0.2, 0.25) is 0 Å². The van der Waals surface area contributed by atoms with E-state index in [0.717, 1.165) is 67.7 Å². The first kappa shape index (κ1) is 31.2. The Hall–Kier alpha value is -2.78. The van der Waals surface area contributed by atoms with E-state index in [-0.39, 0.29) is 31.1 Å². The topological polar surface area (TPSA) is 108 Å². The summed E-state index contributed by atoms with van der Waals surface area (Å²) in [6.07, 6.45) is 10.2. The molecule has 8 nitrogen and oxygen atoms in total. The molecule has 0 aromatic heterocycles. The summed E-state index contributed by atoms with van der Waals surface area (Å²) < 4.78 is 13.0. The van der Waals surface area contributed by atoms with Crippen molar-refractivity contribution in [3.63, 3.8) is 0 Å². The number of hydrogen-bond donors (Lipinski definition) is 3. The number of benzene rings is 2. The number of ether oxygens (including phenoxy) is 2. The zero-order valence-electron chi connectivity index (χ0n) is 24.1. The maximum absolute atomic E-state index is 12.4. The minimum absolute atomic E-state index is 0.0187. The van der Waals surface area contributed by atoms with Gasteiger partial charge >= 0.3 is 5.97 Å². The van der Waals surface area contributed by atoms with Crippen LogP contribution in [0.15, 0.2) is 48.5 Å². The maximum Gasteiger partial charge on any atom is 0.303 e. The number of anilines is 1. The second-order valence-corrected chi connectivity index (χ2v) is 11.4. The van der Waals surface area contributed by atoms with Crippen molar-refractivity contribution in [2.45, 2.75) is 102 Å². The van der Waals surface area contributed by atoms with Gasteiger partial charge in [-0.15, -0.1) is 0 Å². The number of carbonyl (C=O) groups is 2. The molecular formula is C33H46N2O6. The molecular weight excluding hydrogens is 520 g/mol. The summed E-state index contributed by atoms with van der Waals surface area (Å²) in [6.45, 7) is 3.12. The summed E-state index contributed by atoms with van der Waals surface area (Å²) in [6, 6.07) is 15.7. The van der Waals surface area contributed by atoms with Crippen molar-refractivity contribution in [3.8, 4) is 0 Å².